The molecule has 0 saturated heterocycles. The maximum Gasteiger partial charge on any atom is 0.178 e. The van der Waals surface area contributed by atoms with Crippen LogP contribution in [0.4, 0.5) is 0 Å². The van der Waals surface area contributed by atoms with Crippen LogP contribution in [0.1, 0.15) is 11.1 Å². The Labute approximate surface area is 110 Å². The zero-order chi connectivity index (χ0) is 12.8. The number of aromatic amines is 1. The number of H-pyrrole nitrogens is 1. The maximum absolute atomic E-state index is 5.52. The summed E-state index contributed by atoms with van der Waals surface area (Å²) in [7, 11) is 0. The Kier molecular flexibility index (Phi) is 2.12. The SMILES string of the molecule is Cc1ccnc2nc(-c3ccc4c(c3)CCO4)[nH]c12. The predicted octanol–water partition coefficient (Wildman–Crippen LogP) is 2.87. The smallest absolute Gasteiger partial charge is 0.178 e. The summed E-state index contributed by atoms with van der Waals surface area (Å²) in [6.07, 6.45) is 2.76. The summed E-state index contributed by atoms with van der Waals surface area (Å²) < 4.78 is 5.52. The van der Waals surface area contributed by atoms with Crippen LogP contribution in [0.3, 0.4) is 0 Å². The number of nitrogens with one attached hydrogen (secondary N) is 1. The third-order valence-corrected chi connectivity index (χ3v) is 3.56. The normalized spacial score (nSPS) is 13.5. The van der Waals surface area contributed by atoms with E-state index in [4.69, 9.17) is 4.74 Å². The molecule has 1 aliphatic heterocycles. The number of hydrogen-bond donors (Lipinski definition) is 1. The van der Waals surface area contributed by atoms with E-state index in [0.29, 0.717) is 0 Å². The number of imidazole rings is 1. The third kappa shape index (κ3) is 1.60. The van der Waals surface area contributed by atoms with E-state index < -0.39 is 0 Å². The van der Waals surface area contributed by atoms with Crippen LogP contribution in [-0.4, -0.2) is 21.6 Å². The van der Waals surface area contributed by atoms with Gasteiger partial charge in [0, 0.05) is 18.2 Å². The molecule has 0 bridgehead atoms. The number of rotatable bonds is 1. The highest BCUT2D eigenvalue weighted by molar-refractivity contribution is 5.79. The van der Waals surface area contributed by atoms with Gasteiger partial charge >= 0.3 is 0 Å². The van der Waals surface area contributed by atoms with Gasteiger partial charge in [-0.3, -0.25) is 0 Å². The average molecular weight is 251 g/mol. The van der Waals surface area contributed by atoms with Crippen LogP contribution in [0.2, 0.25) is 0 Å². The fraction of sp³-hybridized carbons (Fsp3) is 0.200. The van der Waals surface area contributed by atoms with E-state index in [1.54, 1.807) is 6.20 Å². The molecule has 19 heavy (non-hydrogen) atoms. The van der Waals surface area contributed by atoms with E-state index in [1.165, 1.54) is 5.56 Å². The largest absolute Gasteiger partial charge is 0.493 e. The van der Waals surface area contributed by atoms with Gasteiger partial charge in [0.1, 0.15) is 11.6 Å². The van der Waals surface area contributed by atoms with Crippen molar-refractivity contribution in [2.75, 3.05) is 6.61 Å². The number of aryl methyl sites for hydroxylation is 1. The molecule has 0 spiro atoms. The predicted molar refractivity (Wildman–Crippen MR) is 73.3 cm³/mol. The Balaban J connectivity index is 1.88. The van der Waals surface area contributed by atoms with Gasteiger partial charge in [-0.1, -0.05) is 0 Å². The monoisotopic (exact) mass is 251 g/mol. The lowest BCUT2D eigenvalue weighted by atomic mass is 10.1. The Morgan fingerprint density at radius 3 is 3.11 bits per heavy atom. The maximum atomic E-state index is 5.52. The first kappa shape index (κ1) is 10.6. The fourth-order valence-corrected chi connectivity index (χ4v) is 2.51. The summed E-state index contributed by atoms with van der Waals surface area (Å²) >= 11 is 0. The summed E-state index contributed by atoms with van der Waals surface area (Å²) in [6, 6.07) is 8.19. The number of ether oxygens (including phenoxy) is 1. The molecule has 0 atom stereocenters. The molecular weight excluding hydrogens is 238 g/mol. The molecule has 0 fully saturated rings. The van der Waals surface area contributed by atoms with E-state index in [2.05, 4.69) is 27.9 Å². The van der Waals surface area contributed by atoms with Crippen molar-refractivity contribution in [3.8, 4) is 17.1 Å². The summed E-state index contributed by atoms with van der Waals surface area (Å²) in [4.78, 5) is 12.2. The van der Waals surface area contributed by atoms with Crippen molar-refractivity contribution in [1.82, 2.24) is 15.0 Å². The molecule has 3 aromatic rings. The van der Waals surface area contributed by atoms with Crippen molar-refractivity contribution in [3.63, 3.8) is 0 Å². The van der Waals surface area contributed by atoms with Crippen molar-refractivity contribution in [2.24, 2.45) is 0 Å². The van der Waals surface area contributed by atoms with Gasteiger partial charge in [-0.05, 0) is 42.3 Å². The number of nitrogens with zero attached hydrogens (tertiary/aromatic N) is 2. The van der Waals surface area contributed by atoms with E-state index in [9.17, 15) is 0 Å². The van der Waals surface area contributed by atoms with Gasteiger partial charge in [0.2, 0.25) is 0 Å². The molecule has 1 N–H and O–H groups in total. The van der Waals surface area contributed by atoms with Gasteiger partial charge in [-0.25, -0.2) is 9.97 Å². The molecule has 4 rings (SSSR count). The van der Waals surface area contributed by atoms with Crippen LogP contribution >= 0.6 is 0 Å². The van der Waals surface area contributed by atoms with Gasteiger partial charge in [-0.15, -0.1) is 0 Å². The minimum absolute atomic E-state index is 0.770. The zero-order valence-electron chi connectivity index (χ0n) is 10.6. The number of pyridine rings is 1. The molecule has 0 aliphatic carbocycles. The van der Waals surface area contributed by atoms with E-state index in [1.807, 2.05) is 18.2 Å². The molecule has 1 aliphatic rings. The van der Waals surface area contributed by atoms with Crippen molar-refractivity contribution in [2.45, 2.75) is 13.3 Å². The fourth-order valence-electron chi connectivity index (χ4n) is 2.51. The molecule has 4 heteroatoms. The number of aromatic nitrogens is 3. The quantitative estimate of drug-likeness (QED) is 0.723. The molecular formula is C15H13N3O. The Morgan fingerprint density at radius 1 is 1.26 bits per heavy atom. The van der Waals surface area contributed by atoms with Crippen LogP contribution < -0.4 is 4.74 Å². The average Bonchev–Trinajstić information content (AvgIpc) is 3.04. The first-order valence-corrected chi connectivity index (χ1v) is 6.39. The molecule has 2 aromatic heterocycles. The van der Waals surface area contributed by atoms with Crippen LogP contribution in [0.5, 0.6) is 5.75 Å². The van der Waals surface area contributed by atoms with Crippen LogP contribution in [0.15, 0.2) is 30.5 Å². The Bertz CT molecular complexity index is 776. The second-order valence-corrected chi connectivity index (χ2v) is 4.83. The lowest BCUT2D eigenvalue weighted by molar-refractivity contribution is 0.357. The zero-order valence-corrected chi connectivity index (χ0v) is 10.6. The summed E-state index contributed by atoms with van der Waals surface area (Å²) in [6.45, 7) is 2.84. The summed E-state index contributed by atoms with van der Waals surface area (Å²) in [5.74, 6) is 1.86. The highest BCUT2D eigenvalue weighted by atomic mass is 16.5. The van der Waals surface area contributed by atoms with Gasteiger partial charge < -0.3 is 9.72 Å². The minimum atomic E-state index is 0.770. The molecule has 0 unspecified atom stereocenters. The van der Waals surface area contributed by atoms with Crippen molar-refractivity contribution in [1.29, 1.82) is 0 Å². The number of benzene rings is 1. The second kappa shape index (κ2) is 3.82. The highest BCUT2D eigenvalue weighted by Gasteiger charge is 2.14. The lowest BCUT2D eigenvalue weighted by Gasteiger charge is -2.01. The Hall–Kier alpha value is -2.36. The number of hydrogen-bond acceptors (Lipinski definition) is 3. The molecule has 0 radical (unpaired) electrons. The standard InChI is InChI=1S/C15H13N3O/c1-9-4-6-16-15-13(9)17-14(18-15)11-2-3-12-10(8-11)5-7-19-12/h2-4,6,8H,5,7H2,1H3,(H,16,17,18). The van der Waals surface area contributed by atoms with Gasteiger partial charge in [0.15, 0.2) is 5.65 Å². The first-order valence-electron chi connectivity index (χ1n) is 6.39. The van der Waals surface area contributed by atoms with Crippen molar-refractivity contribution < 1.29 is 4.74 Å². The number of fused-ring (bicyclic) bond motifs is 2. The minimum Gasteiger partial charge on any atom is -0.493 e. The van der Waals surface area contributed by atoms with Gasteiger partial charge in [0.25, 0.3) is 0 Å². The molecule has 1 aromatic carbocycles. The summed E-state index contributed by atoms with van der Waals surface area (Å²) in [5, 5.41) is 0. The van der Waals surface area contributed by atoms with Gasteiger partial charge in [-0.2, -0.15) is 0 Å². The van der Waals surface area contributed by atoms with Crippen LogP contribution in [-0.2, 0) is 6.42 Å². The first-order chi connectivity index (χ1) is 9.31. The van der Waals surface area contributed by atoms with Crippen molar-refractivity contribution in [3.05, 3.63) is 41.6 Å². The van der Waals surface area contributed by atoms with E-state index in [0.717, 1.165) is 46.9 Å². The topological polar surface area (TPSA) is 50.8 Å². The molecule has 94 valence electrons. The Morgan fingerprint density at radius 2 is 2.21 bits per heavy atom. The van der Waals surface area contributed by atoms with Gasteiger partial charge in [0.05, 0.1) is 12.1 Å². The second-order valence-electron chi connectivity index (χ2n) is 4.83. The molecule has 0 saturated carbocycles. The molecule has 0 amide bonds. The lowest BCUT2D eigenvalue weighted by Crippen LogP contribution is -1.85. The summed E-state index contributed by atoms with van der Waals surface area (Å²) in [5.41, 5.74) is 5.28. The van der Waals surface area contributed by atoms with E-state index in [-0.39, 0.29) is 0 Å². The van der Waals surface area contributed by atoms with Crippen molar-refractivity contribution >= 4 is 11.2 Å². The van der Waals surface area contributed by atoms with Crippen LogP contribution in [0.25, 0.3) is 22.6 Å². The molecule has 3 heterocycles. The van der Waals surface area contributed by atoms with E-state index >= 15 is 0 Å². The molecule has 4 nitrogen and oxygen atoms in total. The van der Waals surface area contributed by atoms with Crippen LogP contribution in [0, 0.1) is 6.92 Å². The third-order valence-electron chi connectivity index (χ3n) is 3.56. The highest BCUT2D eigenvalue weighted by Crippen LogP contribution is 2.30.